The van der Waals surface area contributed by atoms with Crippen LogP contribution in [-0.4, -0.2) is 41.1 Å². The molecule has 5 nitrogen and oxygen atoms in total. The van der Waals surface area contributed by atoms with Crippen LogP contribution in [0.5, 0.6) is 0 Å². The molecule has 2 rings (SSSR count). The Hall–Kier alpha value is -1.67. The van der Waals surface area contributed by atoms with E-state index in [0.29, 0.717) is 6.42 Å². The van der Waals surface area contributed by atoms with Crippen molar-refractivity contribution in [2.75, 3.05) is 6.54 Å². The van der Waals surface area contributed by atoms with Gasteiger partial charge in [-0.1, -0.05) is 17.7 Å². The molecule has 2 atom stereocenters. The summed E-state index contributed by atoms with van der Waals surface area (Å²) in [5, 5.41) is 1.89. The van der Waals surface area contributed by atoms with E-state index < -0.39 is 40.4 Å². The minimum atomic E-state index is -0.949. The van der Waals surface area contributed by atoms with Gasteiger partial charge in [-0.2, -0.15) is 13.5 Å². The van der Waals surface area contributed by atoms with E-state index in [0.717, 1.165) is 6.07 Å². The lowest BCUT2D eigenvalue weighted by Gasteiger charge is -2.24. The van der Waals surface area contributed by atoms with Crippen LogP contribution in [0.15, 0.2) is 12.1 Å². The van der Waals surface area contributed by atoms with Gasteiger partial charge < -0.3 is 10.2 Å². The van der Waals surface area contributed by atoms with Crippen molar-refractivity contribution in [2.24, 2.45) is 5.92 Å². The van der Waals surface area contributed by atoms with Crippen molar-refractivity contribution in [3.8, 4) is 0 Å². The summed E-state index contributed by atoms with van der Waals surface area (Å²) in [7, 11) is 0. The first-order chi connectivity index (χ1) is 12.1. The zero-order valence-corrected chi connectivity index (χ0v) is 17.1. The fourth-order valence-electron chi connectivity index (χ4n) is 3.13. The third-order valence-corrected chi connectivity index (χ3v) is 4.87. The quantitative estimate of drug-likeness (QED) is 0.601. The number of amides is 2. The molecule has 0 spiro atoms. The Balaban J connectivity index is 0.00000364. The summed E-state index contributed by atoms with van der Waals surface area (Å²) < 4.78 is 27.2. The standard InChI is InChI=1S/C18H21ClF2N2O3.H2S/c1-9(2)22-17(25)18(26)23-7-6-12(10(23)3)14(24)8-11-4-5-13(20)15(19)16(11)21;/h4-5,9-10,12H,6-8H2,1-3H3,(H,22,25);1H2/t10-,12?;/m0./s1. The number of nitrogens with zero attached hydrogens (tertiary/aromatic N) is 1. The van der Waals surface area contributed by atoms with Gasteiger partial charge in [0.25, 0.3) is 0 Å². The zero-order chi connectivity index (χ0) is 19.6. The molecule has 27 heavy (non-hydrogen) atoms. The van der Waals surface area contributed by atoms with Crippen molar-refractivity contribution in [1.82, 2.24) is 10.2 Å². The van der Waals surface area contributed by atoms with E-state index in [2.05, 4.69) is 5.32 Å². The molecule has 1 aliphatic heterocycles. The van der Waals surface area contributed by atoms with Gasteiger partial charge >= 0.3 is 11.8 Å². The van der Waals surface area contributed by atoms with Crippen LogP contribution < -0.4 is 5.32 Å². The van der Waals surface area contributed by atoms with Crippen LogP contribution in [0.4, 0.5) is 8.78 Å². The van der Waals surface area contributed by atoms with E-state index in [1.54, 1.807) is 20.8 Å². The number of benzene rings is 1. The van der Waals surface area contributed by atoms with Gasteiger partial charge in [-0.25, -0.2) is 8.78 Å². The molecule has 0 saturated carbocycles. The number of rotatable bonds is 4. The maximum Gasteiger partial charge on any atom is 0.312 e. The first-order valence-electron chi connectivity index (χ1n) is 8.40. The smallest absolute Gasteiger partial charge is 0.312 e. The summed E-state index contributed by atoms with van der Waals surface area (Å²) >= 11 is 5.54. The number of hydrogen-bond donors (Lipinski definition) is 1. The van der Waals surface area contributed by atoms with Crippen molar-refractivity contribution in [1.29, 1.82) is 0 Å². The molecule has 1 saturated heterocycles. The van der Waals surface area contributed by atoms with Gasteiger partial charge in [0.15, 0.2) is 0 Å². The van der Waals surface area contributed by atoms with E-state index >= 15 is 0 Å². The molecule has 0 aliphatic carbocycles. The van der Waals surface area contributed by atoms with Crippen LogP contribution in [0.25, 0.3) is 0 Å². The van der Waals surface area contributed by atoms with Gasteiger partial charge in [0.1, 0.15) is 22.4 Å². The van der Waals surface area contributed by atoms with Gasteiger partial charge in [0.05, 0.1) is 0 Å². The molecule has 1 aromatic rings. The topological polar surface area (TPSA) is 66.5 Å². The van der Waals surface area contributed by atoms with E-state index in [1.807, 2.05) is 0 Å². The molecule has 0 bridgehead atoms. The molecule has 9 heteroatoms. The number of hydrogen-bond acceptors (Lipinski definition) is 3. The number of carbonyl (C=O) groups excluding carboxylic acids is 3. The molecule has 2 amide bonds. The highest BCUT2D eigenvalue weighted by Crippen LogP contribution is 2.28. The lowest BCUT2D eigenvalue weighted by atomic mass is 9.92. The Morgan fingerprint density at radius 2 is 1.93 bits per heavy atom. The van der Waals surface area contributed by atoms with Crippen molar-refractivity contribution in [3.63, 3.8) is 0 Å². The fraction of sp³-hybridized carbons (Fsp3) is 0.500. The molecule has 1 aliphatic rings. The van der Waals surface area contributed by atoms with Crippen LogP contribution in [-0.2, 0) is 20.8 Å². The summed E-state index contributed by atoms with van der Waals surface area (Å²) in [6.07, 6.45) is 0.137. The normalized spacial score (nSPS) is 19.0. The van der Waals surface area contributed by atoms with E-state index in [9.17, 15) is 23.2 Å². The predicted octanol–water partition coefficient (Wildman–Crippen LogP) is 2.60. The Bertz CT molecular complexity index is 746. The average Bonchev–Trinajstić information content (AvgIpc) is 2.95. The number of likely N-dealkylation sites (tertiary alicyclic amines) is 1. The second-order valence-electron chi connectivity index (χ2n) is 6.74. The molecular weight excluding hydrogens is 398 g/mol. The van der Waals surface area contributed by atoms with E-state index in [-0.39, 0.29) is 43.8 Å². The monoisotopic (exact) mass is 420 g/mol. The van der Waals surface area contributed by atoms with Crippen LogP contribution in [0, 0.1) is 17.6 Å². The molecule has 1 N–H and O–H groups in total. The molecule has 150 valence electrons. The van der Waals surface area contributed by atoms with Crippen LogP contribution in [0.1, 0.15) is 32.8 Å². The summed E-state index contributed by atoms with van der Waals surface area (Å²) in [6.45, 7) is 5.44. The first-order valence-corrected chi connectivity index (χ1v) is 8.77. The SMILES string of the molecule is CC(C)NC(=O)C(=O)N1CCC(C(=O)Cc2ccc(F)c(Cl)c2F)[C@@H]1C.S. The highest BCUT2D eigenvalue weighted by Gasteiger charge is 2.40. The molecule has 0 aromatic heterocycles. The second-order valence-corrected chi connectivity index (χ2v) is 7.12. The predicted molar refractivity (Wildman–Crippen MR) is 103 cm³/mol. The largest absolute Gasteiger partial charge is 0.346 e. The molecular formula is C18H23ClF2N2O3S. The van der Waals surface area contributed by atoms with Crippen molar-refractivity contribution in [2.45, 2.75) is 45.7 Å². The molecule has 1 unspecified atom stereocenters. The van der Waals surface area contributed by atoms with Gasteiger partial charge in [-0.05, 0) is 38.8 Å². The molecule has 1 fully saturated rings. The molecule has 0 radical (unpaired) electrons. The summed E-state index contributed by atoms with van der Waals surface area (Å²) in [6, 6.07) is 1.55. The van der Waals surface area contributed by atoms with Gasteiger partial charge in [0, 0.05) is 31.0 Å². The van der Waals surface area contributed by atoms with Crippen LogP contribution in [0.2, 0.25) is 5.02 Å². The van der Waals surface area contributed by atoms with Gasteiger partial charge in [-0.15, -0.1) is 0 Å². The zero-order valence-electron chi connectivity index (χ0n) is 15.3. The van der Waals surface area contributed by atoms with Crippen molar-refractivity contribution < 1.29 is 23.2 Å². The number of carbonyl (C=O) groups is 3. The minimum Gasteiger partial charge on any atom is -0.346 e. The molecule has 1 heterocycles. The summed E-state index contributed by atoms with van der Waals surface area (Å²) in [5.74, 6) is -4.03. The Morgan fingerprint density at radius 3 is 2.52 bits per heavy atom. The lowest BCUT2D eigenvalue weighted by Crippen LogP contribution is -2.47. The Labute approximate surface area is 168 Å². The Kier molecular flexibility index (Phi) is 8.23. The Morgan fingerprint density at radius 1 is 1.30 bits per heavy atom. The number of nitrogens with one attached hydrogen (secondary N) is 1. The number of halogens is 3. The van der Waals surface area contributed by atoms with E-state index in [1.165, 1.54) is 11.0 Å². The van der Waals surface area contributed by atoms with Crippen molar-refractivity contribution in [3.05, 3.63) is 34.4 Å². The number of ketones is 1. The average molecular weight is 421 g/mol. The third-order valence-electron chi connectivity index (χ3n) is 4.52. The lowest BCUT2D eigenvalue weighted by molar-refractivity contribution is -0.147. The van der Waals surface area contributed by atoms with Crippen LogP contribution >= 0.6 is 25.1 Å². The number of Topliss-reactive ketones (excluding diaryl/α,β-unsaturated/α-hetero) is 1. The summed E-state index contributed by atoms with van der Waals surface area (Å²) in [5.41, 5.74) is 0.0101. The van der Waals surface area contributed by atoms with Gasteiger partial charge in [0.2, 0.25) is 0 Å². The van der Waals surface area contributed by atoms with E-state index in [4.69, 9.17) is 11.6 Å². The fourth-order valence-corrected chi connectivity index (χ4v) is 3.32. The maximum absolute atomic E-state index is 14.0. The first kappa shape index (κ1) is 23.4. The van der Waals surface area contributed by atoms with Crippen LogP contribution in [0.3, 0.4) is 0 Å². The highest BCUT2D eigenvalue weighted by molar-refractivity contribution is 7.59. The maximum atomic E-state index is 14.0. The second kappa shape index (κ2) is 9.50. The van der Waals surface area contributed by atoms with Crippen molar-refractivity contribution >= 4 is 42.7 Å². The minimum absolute atomic E-state index is 0. The van der Waals surface area contributed by atoms with Gasteiger partial charge in [-0.3, -0.25) is 14.4 Å². The summed E-state index contributed by atoms with van der Waals surface area (Å²) in [4.78, 5) is 38.0. The highest BCUT2D eigenvalue weighted by atomic mass is 35.5. The third kappa shape index (κ3) is 5.19. The molecule has 1 aromatic carbocycles.